The van der Waals surface area contributed by atoms with Crippen LogP contribution in [0.15, 0.2) is 6.20 Å². The molecule has 1 N–H and O–H groups in total. The summed E-state index contributed by atoms with van der Waals surface area (Å²) in [4.78, 5) is 22.3. The van der Waals surface area contributed by atoms with E-state index >= 15 is 0 Å². The second kappa shape index (κ2) is 6.69. The molecule has 0 aromatic carbocycles. The summed E-state index contributed by atoms with van der Waals surface area (Å²) in [6, 6.07) is 0.0973. The molecule has 1 fully saturated rings. The number of aryl methyl sites for hydroxylation is 1. The Morgan fingerprint density at radius 1 is 1.50 bits per heavy atom. The molecular weight excluding hydrogens is 304 g/mol. The van der Waals surface area contributed by atoms with Crippen LogP contribution in [0.3, 0.4) is 0 Å². The predicted molar refractivity (Wildman–Crippen MR) is 86.2 cm³/mol. The van der Waals surface area contributed by atoms with Crippen LogP contribution in [-0.4, -0.2) is 45.7 Å². The van der Waals surface area contributed by atoms with E-state index in [4.69, 9.17) is 16.3 Å². The summed E-state index contributed by atoms with van der Waals surface area (Å²) in [6.45, 7) is 8.75. The molecule has 0 unspecified atom stereocenters. The van der Waals surface area contributed by atoms with Crippen LogP contribution in [-0.2, 0) is 4.74 Å². The lowest BCUT2D eigenvalue weighted by atomic mass is 10.1. The van der Waals surface area contributed by atoms with E-state index < -0.39 is 5.60 Å². The second-order valence-corrected chi connectivity index (χ2v) is 6.94. The van der Waals surface area contributed by atoms with E-state index in [9.17, 15) is 4.79 Å². The fourth-order valence-electron chi connectivity index (χ4n) is 2.26. The minimum atomic E-state index is -0.481. The van der Waals surface area contributed by atoms with E-state index in [2.05, 4.69) is 15.3 Å². The van der Waals surface area contributed by atoms with Gasteiger partial charge in [-0.15, -0.1) is 0 Å². The Kier molecular flexibility index (Phi) is 5.11. The average molecular weight is 327 g/mol. The fourth-order valence-corrected chi connectivity index (χ4v) is 2.39. The van der Waals surface area contributed by atoms with E-state index in [1.807, 2.05) is 27.7 Å². The van der Waals surface area contributed by atoms with Crippen molar-refractivity contribution in [3.63, 3.8) is 0 Å². The van der Waals surface area contributed by atoms with Crippen molar-refractivity contribution in [3.05, 3.63) is 16.9 Å². The number of amides is 1. The van der Waals surface area contributed by atoms with E-state index in [0.29, 0.717) is 24.2 Å². The van der Waals surface area contributed by atoms with Crippen molar-refractivity contribution in [1.82, 2.24) is 14.9 Å². The summed E-state index contributed by atoms with van der Waals surface area (Å²) in [7, 11) is 0. The number of likely N-dealkylation sites (tertiary alicyclic amines) is 1. The molecule has 0 radical (unpaired) electrons. The van der Waals surface area contributed by atoms with Crippen molar-refractivity contribution in [1.29, 1.82) is 0 Å². The van der Waals surface area contributed by atoms with Gasteiger partial charge in [0.25, 0.3) is 0 Å². The number of aromatic nitrogens is 2. The molecule has 2 rings (SSSR count). The first-order chi connectivity index (χ1) is 10.2. The Morgan fingerprint density at radius 2 is 2.23 bits per heavy atom. The Morgan fingerprint density at radius 3 is 2.86 bits per heavy atom. The van der Waals surface area contributed by atoms with Crippen LogP contribution in [0.2, 0.25) is 5.15 Å². The maximum Gasteiger partial charge on any atom is 0.410 e. The molecule has 1 atom stereocenters. The second-order valence-electron chi connectivity index (χ2n) is 6.58. The molecule has 1 amide bonds. The monoisotopic (exact) mass is 326 g/mol. The first-order valence-electron chi connectivity index (χ1n) is 7.48. The lowest BCUT2D eigenvalue weighted by Gasteiger charge is -2.34. The molecular formula is C15H23ClN4O2. The number of hydrogen-bond acceptors (Lipinski definition) is 5. The first-order valence-corrected chi connectivity index (χ1v) is 7.86. The van der Waals surface area contributed by atoms with Crippen LogP contribution in [0.4, 0.5) is 10.7 Å². The van der Waals surface area contributed by atoms with E-state index in [1.165, 1.54) is 0 Å². The van der Waals surface area contributed by atoms with Gasteiger partial charge in [0.1, 0.15) is 10.8 Å². The normalized spacial score (nSPS) is 19.0. The van der Waals surface area contributed by atoms with Gasteiger partial charge in [0, 0.05) is 30.9 Å². The summed E-state index contributed by atoms with van der Waals surface area (Å²) in [5.74, 6) is 0.492. The highest BCUT2D eigenvalue weighted by atomic mass is 35.5. The van der Waals surface area contributed by atoms with Crippen molar-refractivity contribution in [2.75, 3.05) is 18.4 Å². The highest BCUT2D eigenvalue weighted by Gasteiger charge is 2.27. The van der Waals surface area contributed by atoms with Gasteiger partial charge >= 0.3 is 6.09 Å². The van der Waals surface area contributed by atoms with Gasteiger partial charge in [-0.05, 0) is 40.5 Å². The van der Waals surface area contributed by atoms with Gasteiger partial charge in [0.2, 0.25) is 5.95 Å². The third-order valence-corrected chi connectivity index (χ3v) is 3.70. The zero-order valence-electron chi connectivity index (χ0n) is 13.5. The number of anilines is 1. The molecule has 7 heteroatoms. The van der Waals surface area contributed by atoms with Crippen molar-refractivity contribution in [2.45, 2.75) is 52.2 Å². The molecule has 0 bridgehead atoms. The van der Waals surface area contributed by atoms with Crippen LogP contribution in [0, 0.1) is 6.92 Å². The zero-order valence-corrected chi connectivity index (χ0v) is 14.3. The number of piperidine rings is 1. The number of halogens is 1. The molecule has 1 aromatic heterocycles. The van der Waals surface area contributed by atoms with Crippen LogP contribution < -0.4 is 5.32 Å². The number of carbonyl (C=O) groups is 1. The zero-order chi connectivity index (χ0) is 16.3. The number of nitrogens with zero attached hydrogens (tertiary/aromatic N) is 3. The van der Waals surface area contributed by atoms with Crippen LogP contribution in [0.5, 0.6) is 0 Å². The topological polar surface area (TPSA) is 67.4 Å². The minimum absolute atomic E-state index is 0.0973. The molecule has 1 aromatic rings. The molecule has 0 saturated carbocycles. The average Bonchev–Trinajstić information content (AvgIpc) is 2.41. The lowest BCUT2D eigenvalue weighted by Crippen LogP contribution is -2.47. The largest absolute Gasteiger partial charge is 0.444 e. The van der Waals surface area contributed by atoms with Gasteiger partial charge < -0.3 is 15.0 Å². The number of rotatable bonds is 2. The summed E-state index contributed by atoms with van der Waals surface area (Å²) in [5, 5.41) is 3.68. The van der Waals surface area contributed by atoms with Gasteiger partial charge in [-0.25, -0.2) is 14.8 Å². The number of nitrogens with one attached hydrogen (secondary N) is 1. The Hall–Kier alpha value is -1.56. The molecule has 1 aliphatic heterocycles. The summed E-state index contributed by atoms with van der Waals surface area (Å²) in [6.07, 6.45) is 3.28. The number of ether oxygens (including phenoxy) is 1. The standard InChI is InChI=1S/C15H23ClN4O2/c1-10-8-17-13(19-12(10)16)18-11-6-5-7-20(9-11)14(21)22-15(2,3)4/h8,11H,5-7,9H2,1-4H3,(H,17,18,19)/t11-/m0/s1. The van der Waals surface area contributed by atoms with Gasteiger partial charge in [0.15, 0.2) is 0 Å². The van der Waals surface area contributed by atoms with Crippen LogP contribution >= 0.6 is 11.6 Å². The molecule has 0 spiro atoms. The number of carbonyl (C=O) groups excluding carboxylic acids is 1. The highest BCUT2D eigenvalue weighted by molar-refractivity contribution is 6.30. The SMILES string of the molecule is Cc1cnc(N[C@H]2CCCN(C(=O)OC(C)(C)C)C2)nc1Cl. The van der Waals surface area contributed by atoms with Crippen molar-refractivity contribution in [3.8, 4) is 0 Å². The van der Waals surface area contributed by atoms with Gasteiger partial charge in [-0.2, -0.15) is 0 Å². The van der Waals surface area contributed by atoms with Gasteiger partial charge in [-0.3, -0.25) is 0 Å². The van der Waals surface area contributed by atoms with Crippen LogP contribution in [0.1, 0.15) is 39.2 Å². The maximum absolute atomic E-state index is 12.1. The molecule has 2 heterocycles. The molecule has 22 heavy (non-hydrogen) atoms. The maximum atomic E-state index is 12.1. The highest BCUT2D eigenvalue weighted by Crippen LogP contribution is 2.18. The first kappa shape index (κ1) is 16.8. The Labute approximate surface area is 136 Å². The van der Waals surface area contributed by atoms with E-state index in [0.717, 1.165) is 18.4 Å². The third-order valence-electron chi connectivity index (χ3n) is 3.32. The van der Waals surface area contributed by atoms with Crippen molar-refractivity contribution >= 4 is 23.6 Å². The molecule has 1 saturated heterocycles. The molecule has 1 aliphatic rings. The summed E-state index contributed by atoms with van der Waals surface area (Å²) >= 11 is 6.01. The van der Waals surface area contributed by atoms with Gasteiger partial charge in [0.05, 0.1) is 0 Å². The minimum Gasteiger partial charge on any atom is -0.444 e. The molecule has 0 aliphatic carbocycles. The smallest absolute Gasteiger partial charge is 0.410 e. The number of hydrogen-bond donors (Lipinski definition) is 1. The summed E-state index contributed by atoms with van der Waals surface area (Å²) < 4.78 is 5.42. The third kappa shape index (κ3) is 4.73. The van der Waals surface area contributed by atoms with Crippen molar-refractivity contribution in [2.24, 2.45) is 0 Å². The van der Waals surface area contributed by atoms with E-state index in [1.54, 1.807) is 11.1 Å². The van der Waals surface area contributed by atoms with Crippen molar-refractivity contribution < 1.29 is 9.53 Å². The molecule has 122 valence electrons. The lowest BCUT2D eigenvalue weighted by molar-refractivity contribution is 0.0206. The van der Waals surface area contributed by atoms with Crippen LogP contribution in [0.25, 0.3) is 0 Å². The van der Waals surface area contributed by atoms with Gasteiger partial charge in [-0.1, -0.05) is 11.6 Å². The quantitative estimate of drug-likeness (QED) is 0.845. The fraction of sp³-hybridized carbons (Fsp3) is 0.667. The predicted octanol–water partition coefficient (Wildman–Crippen LogP) is 3.25. The summed E-state index contributed by atoms with van der Waals surface area (Å²) in [5.41, 5.74) is 0.358. The Bertz CT molecular complexity index is 545. The van der Waals surface area contributed by atoms with E-state index in [-0.39, 0.29) is 12.1 Å². The molecule has 6 nitrogen and oxygen atoms in total. The Balaban J connectivity index is 1.95.